The van der Waals surface area contributed by atoms with Gasteiger partial charge in [0.05, 0.1) is 0 Å². The summed E-state index contributed by atoms with van der Waals surface area (Å²) in [5, 5.41) is 8.84. The van der Waals surface area contributed by atoms with E-state index in [-0.39, 0.29) is 0 Å². The van der Waals surface area contributed by atoms with Crippen LogP contribution in [0.5, 0.6) is 0 Å². The number of likely N-dealkylation sites (tertiary alicyclic amines) is 1. The predicted octanol–water partition coefficient (Wildman–Crippen LogP) is 3.24. The summed E-state index contributed by atoms with van der Waals surface area (Å²) >= 11 is 0. The van der Waals surface area contributed by atoms with Crippen molar-refractivity contribution in [2.75, 3.05) is 13.1 Å². The third kappa shape index (κ3) is 3.80. The second kappa shape index (κ2) is 6.20. The van der Waals surface area contributed by atoms with Gasteiger partial charge in [0.25, 0.3) is 0 Å². The Kier molecular flexibility index (Phi) is 4.59. The lowest BCUT2D eigenvalue weighted by atomic mass is 9.92. The molecule has 1 atom stereocenters. The van der Waals surface area contributed by atoms with E-state index < -0.39 is 5.97 Å². The molecule has 1 aromatic rings. The van der Waals surface area contributed by atoms with E-state index in [1.807, 2.05) is 0 Å². The molecule has 0 bridgehead atoms. The molecule has 3 heteroatoms. The van der Waals surface area contributed by atoms with Crippen LogP contribution in [-0.2, 0) is 4.79 Å². The number of aliphatic carboxylic acids is 1. The number of hydrogen-bond acceptors (Lipinski definition) is 2. The Morgan fingerprint density at radius 2 is 2.11 bits per heavy atom. The Balaban J connectivity index is 1.92. The maximum Gasteiger partial charge on any atom is 0.303 e. The lowest BCUT2D eigenvalue weighted by Crippen LogP contribution is -2.36. The van der Waals surface area contributed by atoms with Crippen LogP contribution in [0.1, 0.15) is 43.4 Å². The summed E-state index contributed by atoms with van der Waals surface area (Å²) in [6.45, 7) is 6.38. The van der Waals surface area contributed by atoms with Gasteiger partial charge in [0.2, 0.25) is 0 Å². The summed E-state index contributed by atoms with van der Waals surface area (Å²) in [7, 11) is 0. The smallest absolute Gasteiger partial charge is 0.303 e. The number of rotatable bonds is 4. The van der Waals surface area contributed by atoms with Gasteiger partial charge in [-0.05, 0) is 51.3 Å². The van der Waals surface area contributed by atoms with Gasteiger partial charge in [0.15, 0.2) is 0 Å². The first-order valence-electron chi connectivity index (χ1n) is 7.08. The van der Waals surface area contributed by atoms with Crippen molar-refractivity contribution in [1.82, 2.24) is 4.90 Å². The molecule has 104 valence electrons. The molecule has 0 aromatic heterocycles. The van der Waals surface area contributed by atoms with Gasteiger partial charge in [0.1, 0.15) is 0 Å². The number of nitrogens with zero attached hydrogens (tertiary/aromatic N) is 1. The number of carboxylic acid groups (broad SMARTS) is 1. The summed E-state index contributed by atoms with van der Waals surface area (Å²) in [5.41, 5.74) is 2.65. The van der Waals surface area contributed by atoms with E-state index in [4.69, 9.17) is 5.11 Å². The van der Waals surface area contributed by atoms with Crippen LogP contribution >= 0.6 is 0 Å². The second-order valence-electron chi connectivity index (χ2n) is 5.67. The fourth-order valence-electron chi connectivity index (χ4n) is 2.93. The van der Waals surface area contributed by atoms with E-state index in [1.54, 1.807) is 0 Å². The highest BCUT2D eigenvalue weighted by atomic mass is 16.4. The van der Waals surface area contributed by atoms with Crippen molar-refractivity contribution in [3.05, 3.63) is 35.4 Å². The fourth-order valence-corrected chi connectivity index (χ4v) is 2.93. The first-order valence-corrected chi connectivity index (χ1v) is 7.08. The molecule has 1 N–H and O–H groups in total. The standard InChI is InChI=1S/C16H23NO2/c1-12-4-3-5-15(10-12)13(2)17-8-6-14(7-9-17)11-16(18)19/h3-5,10,13-14H,6-9,11H2,1-2H3,(H,18,19). The van der Waals surface area contributed by atoms with Crippen molar-refractivity contribution in [3.63, 3.8) is 0 Å². The van der Waals surface area contributed by atoms with Gasteiger partial charge in [-0.1, -0.05) is 29.8 Å². The maximum absolute atomic E-state index is 10.7. The topological polar surface area (TPSA) is 40.5 Å². The lowest BCUT2D eigenvalue weighted by molar-refractivity contribution is -0.138. The summed E-state index contributed by atoms with van der Waals surface area (Å²) in [5.74, 6) is -0.302. The number of piperidine rings is 1. The van der Waals surface area contributed by atoms with E-state index in [9.17, 15) is 4.79 Å². The van der Waals surface area contributed by atoms with Crippen LogP contribution in [0.2, 0.25) is 0 Å². The zero-order valence-electron chi connectivity index (χ0n) is 11.8. The minimum Gasteiger partial charge on any atom is -0.481 e. The van der Waals surface area contributed by atoms with Gasteiger partial charge in [-0.15, -0.1) is 0 Å². The third-order valence-electron chi connectivity index (χ3n) is 4.18. The number of aryl methyl sites for hydroxylation is 1. The molecule has 1 aliphatic rings. The van der Waals surface area contributed by atoms with Crippen LogP contribution < -0.4 is 0 Å². The molecule has 0 radical (unpaired) electrons. The largest absolute Gasteiger partial charge is 0.481 e. The van der Waals surface area contributed by atoms with E-state index in [2.05, 4.69) is 43.0 Å². The van der Waals surface area contributed by atoms with Gasteiger partial charge in [-0.3, -0.25) is 9.69 Å². The number of hydrogen-bond donors (Lipinski definition) is 1. The highest BCUT2D eigenvalue weighted by Crippen LogP contribution is 2.28. The molecule has 1 aliphatic heterocycles. The Morgan fingerprint density at radius 3 is 2.68 bits per heavy atom. The van der Waals surface area contributed by atoms with Gasteiger partial charge >= 0.3 is 5.97 Å². The molecule has 1 aromatic carbocycles. The second-order valence-corrected chi connectivity index (χ2v) is 5.67. The van der Waals surface area contributed by atoms with Crippen molar-refractivity contribution < 1.29 is 9.90 Å². The maximum atomic E-state index is 10.7. The first-order chi connectivity index (χ1) is 9.06. The van der Waals surface area contributed by atoms with Gasteiger partial charge in [-0.2, -0.15) is 0 Å². The predicted molar refractivity (Wildman–Crippen MR) is 76.1 cm³/mol. The zero-order chi connectivity index (χ0) is 13.8. The molecule has 19 heavy (non-hydrogen) atoms. The van der Waals surface area contributed by atoms with Crippen LogP contribution in [0.25, 0.3) is 0 Å². The van der Waals surface area contributed by atoms with Crippen LogP contribution in [0.4, 0.5) is 0 Å². The highest BCUT2D eigenvalue weighted by Gasteiger charge is 2.24. The normalized spacial score (nSPS) is 19.3. The minimum absolute atomic E-state index is 0.326. The van der Waals surface area contributed by atoms with Crippen LogP contribution in [0, 0.1) is 12.8 Å². The molecule has 0 spiro atoms. The van der Waals surface area contributed by atoms with Crippen molar-refractivity contribution in [1.29, 1.82) is 0 Å². The van der Waals surface area contributed by atoms with Crippen LogP contribution in [-0.4, -0.2) is 29.1 Å². The zero-order valence-corrected chi connectivity index (χ0v) is 11.8. The Morgan fingerprint density at radius 1 is 1.42 bits per heavy atom. The van der Waals surface area contributed by atoms with Crippen LogP contribution in [0.3, 0.4) is 0 Å². The molecule has 0 amide bonds. The molecule has 1 unspecified atom stereocenters. The molecular formula is C16H23NO2. The first kappa shape index (κ1) is 14.1. The molecule has 3 nitrogen and oxygen atoms in total. The summed E-state index contributed by atoms with van der Waals surface area (Å²) in [6.07, 6.45) is 2.33. The van der Waals surface area contributed by atoms with Gasteiger partial charge < -0.3 is 5.11 Å². The summed E-state index contributed by atoms with van der Waals surface area (Å²) < 4.78 is 0. The number of benzene rings is 1. The average Bonchev–Trinajstić information content (AvgIpc) is 2.38. The minimum atomic E-state index is -0.662. The molecule has 1 fully saturated rings. The van der Waals surface area contributed by atoms with Crippen LogP contribution in [0.15, 0.2) is 24.3 Å². The number of carbonyl (C=O) groups is 1. The highest BCUT2D eigenvalue weighted by molar-refractivity contribution is 5.67. The van der Waals surface area contributed by atoms with Crippen molar-refractivity contribution in [2.24, 2.45) is 5.92 Å². The molecule has 1 heterocycles. The van der Waals surface area contributed by atoms with E-state index in [0.29, 0.717) is 18.4 Å². The Labute approximate surface area is 115 Å². The molecule has 1 saturated heterocycles. The molecular weight excluding hydrogens is 238 g/mol. The summed E-state index contributed by atoms with van der Waals surface area (Å²) in [6, 6.07) is 9.08. The van der Waals surface area contributed by atoms with Crippen molar-refractivity contribution in [3.8, 4) is 0 Å². The third-order valence-corrected chi connectivity index (χ3v) is 4.18. The van der Waals surface area contributed by atoms with Crippen molar-refractivity contribution in [2.45, 2.75) is 39.2 Å². The van der Waals surface area contributed by atoms with E-state index in [1.165, 1.54) is 11.1 Å². The molecule has 0 saturated carbocycles. The molecule has 2 rings (SSSR count). The van der Waals surface area contributed by atoms with Crippen molar-refractivity contribution >= 4 is 5.97 Å². The summed E-state index contributed by atoms with van der Waals surface area (Å²) in [4.78, 5) is 13.2. The van der Waals surface area contributed by atoms with Gasteiger partial charge in [-0.25, -0.2) is 0 Å². The fraction of sp³-hybridized carbons (Fsp3) is 0.562. The lowest BCUT2D eigenvalue weighted by Gasteiger charge is -2.36. The number of carboxylic acids is 1. The SMILES string of the molecule is Cc1cccc(C(C)N2CCC(CC(=O)O)CC2)c1. The Hall–Kier alpha value is -1.35. The average molecular weight is 261 g/mol. The molecule has 0 aliphatic carbocycles. The van der Waals surface area contributed by atoms with Gasteiger partial charge in [0, 0.05) is 12.5 Å². The van der Waals surface area contributed by atoms with E-state index in [0.717, 1.165) is 25.9 Å². The Bertz CT molecular complexity index is 436. The monoisotopic (exact) mass is 261 g/mol. The van der Waals surface area contributed by atoms with E-state index >= 15 is 0 Å². The quantitative estimate of drug-likeness (QED) is 0.904.